The number of carbonyl (C=O) groups excluding carboxylic acids is 1. The van der Waals surface area contributed by atoms with Crippen molar-refractivity contribution < 1.29 is 13.2 Å². The molecular formula is C23H29N3O3S. The number of nitrogens with zero attached hydrogens (tertiary/aromatic N) is 2. The molecule has 1 saturated heterocycles. The molecular weight excluding hydrogens is 398 g/mol. The van der Waals surface area contributed by atoms with E-state index in [0.29, 0.717) is 38.3 Å². The largest absolute Gasteiger partial charge is 0.352 e. The highest BCUT2D eigenvalue weighted by Gasteiger charge is 2.29. The van der Waals surface area contributed by atoms with E-state index in [1.54, 1.807) is 12.1 Å². The molecule has 6 nitrogen and oxygen atoms in total. The molecule has 1 N–H and O–H groups in total. The molecule has 0 bridgehead atoms. The van der Waals surface area contributed by atoms with Gasteiger partial charge in [0, 0.05) is 44.8 Å². The molecule has 3 rings (SSSR count). The molecule has 1 heterocycles. The van der Waals surface area contributed by atoms with Gasteiger partial charge in [-0.3, -0.25) is 9.69 Å². The molecule has 0 radical (unpaired) electrons. The summed E-state index contributed by atoms with van der Waals surface area (Å²) in [5.41, 5.74) is 2.32. The van der Waals surface area contributed by atoms with E-state index in [-0.39, 0.29) is 10.8 Å². The zero-order chi connectivity index (χ0) is 21.6. The Morgan fingerprint density at radius 2 is 1.77 bits per heavy atom. The lowest BCUT2D eigenvalue weighted by molar-refractivity contribution is 0.0955. The van der Waals surface area contributed by atoms with Crippen LogP contribution in [0.15, 0.2) is 59.5 Å². The first kappa shape index (κ1) is 22.2. The van der Waals surface area contributed by atoms with E-state index < -0.39 is 10.0 Å². The lowest BCUT2D eigenvalue weighted by Gasteiger charge is -2.33. The summed E-state index contributed by atoms with van der Waals surface area (Å²) in [5.74, 6) is -0.248. The van der Waals surface area contributed by atoms with Crippen LogP contribution in [-0.2, 0) is 10.0 Å². The SMILES string of the molecule is CCNC(=O)c1cc(S(=O)(=O)N2CCN(C/C=C/c3ccccc3)CC2)ccc1C. The number of piperazine rings is 1. The average molecular weight is 428 g/mol. The van der Waals surface area contributed by atoms with E-state index in [4.69, 9.17) is 0 Å². The molecule has 160 valence electrons. The van der Waals surface area contributed by atoms with Crippen LogP contribution in [-0.4, -0.2) is 62.8 Å². The Balaban J connectivity index is 1.62. The monoisotopic (exact) mass is 427 g/mol. The van der Waals surface area contributed by atoms with Crippen molar-refractivity contribution in [1.29, 1.82) is 0 Å². The topological polar surface area (TPSA) is 69.7 Å². The number of rotatable bonds is 7. The van der Waals surface area contributed by atoms with Crippen molar-refractivity contribution in [3.63, 3.8) is 0 Å². The molecule has 7 heteroatoms. The lowest BCUT2D eigenvalue weighted by atomic mass is 10.1. The number of hydrogen-bond donors (Lipinski definition) is 1. The van der Waals surface area contributed by atoms with Crippen molar-refractivity contribution in [2.45, 2.75) is 18.7 Å². The maximum absolute atomic E-state index is 13.1. The van der Waals surface area contributed by atoms with Crippen LogP contribution in [0.25, 0.3) is 6.08 Å². The van der Waals surface area contributed by atoms with Crippen molar-refractivity contribution in [3.8, 4) is 0 Å². The number of amides is 1. The van der Waals surface area contributed by atoms with Crippen LogP contribution in [0.2, 0.25) is 0 Å². The Bertz CT molecular complexity index is 996. The summed E-state index contributed by atoms with van der Waals surface area (Å²) in [6, 6.07) is 14.9. The third-order valence-electron chi connectivity index (χ3n) is 5.23. The number of benzene rings is 2. The molecule has 1 fully saturated rings. The Kier molecular flexibility index (Phi) is 7.42. The molecule has 30 heavy (non-hydrogen) atoms. The smallest absolute Gasteiger partial charge is 0.251 e. The van der Waals surface area contributed by atoms with Crippen LogP contribution in [0, 0.1) is 6.92 Å². The number of nitrogens with one attached hydrogen (secondary N) is 1. The molecule has 1 aliphatic heterocycles. The number of sulfonamides is 1. The summed E-state index contributed by atoms with van der Waals surface area (Å²) in [4.78, 5) is 14.6. The highest BCUT2D eigenvalue weighted by Crippen LogP contribution is 2.21. The van der Waals surface area contributed by atoms with Gasteiger partial charge < -0.3 is 5.32 Å². The highest BCUT2D eigenvalue weighted by molar-refractivity contribution is 7.89. The van der Waals surface area contributed by atoms with Gasteiger partial charge in [-0.25, -0.2) is 8.42 Å². The first-order valence-corrected chi connectivity index (χ1v) is 11.7. The molecule has 0 saturated carbocycles. The number of aryl methyl sites for hydroxylation is 1. The van der Waals surface area contributed by atoms with Gasteiger partial charge in [0.05, 0.1) is 4.90 Å². The Morgan fingerprint density at radius 3 is 2.43 bits per heavy atom. The second-order valence-electron chi connectivity index (χ2n) is 7.35. The summed E-state index contributed by atoms with van der Waals surface area (Å²) in [7, 11) is -3.63. The van der Waals surface area contributed by atoms with E-state index in [0.717, 1.165) is 17.7 Å². The van der Waals surface area contributed by atoms with Gasteiger partial charge in [0.1, 0.15) is 0 Å². The third kappa shape index (κ3) is 5.36. The number of carbonyl (C=O) groups is 1. The van der Waals surface area contributed by atoms with E-state index in [9.17, 15) is 13.2 Å². The molecule has 1 aliphatic rings. The predicted octanol–water partition coefficient (Wildman–Crippen LogP) is 2.76. The fourth-order valence-corrected chi connectivity index (χ4v) is 4.91. The first-order chi connectivity index (χ1) is 14.4. The third-order valence-corrected chi connectivity index (χ3v) is 7.13. The van der Waals surface area contributed by atoms with E-state index in [2.05, 4.69) is 34.5 Å². The zero-order valence-corrected chi connectivity index (χ0v) is 18.4. The van der Waals surface area contributed by atoms with Gasteiger partial charge in [-0.15, -0.1) is 0 Å². The summed E-state index contributed by atoms with van der Waals surface area (Å²) in [6.07, 6.45) is 4.19. The molecule has 2 aromatic rings. The average Bonchev–Trinajstić information content (AvgIpc) is 2.75. The quantitative estimate of drug-likeness (QED) is 0.738. The maximum atomic E-state index is 13.1. The molecule has 0 unspecified atom stereocenters. The summed E-state index contributed by atoms with van der Waals surface area (Å²) in [6.45, 7) is 7.15. The van der Waals surface area contributed by atoms with Gasteiger partial charge in [0.25, 0.3) is 5.91 Å². The molecule has 0 aliphatic carbocycles. The maximum Gasteiger partial charge on any atom is 0.251 e. The van der Waals surface area contributed by atoms with E-state index in [1.807, 2.05) is 32.0 Å². The number of hydrogen-bond acceptors (Lipinski definition) is 4. The fraction of sp³-hybridized carbons (Fsp3) is 0.348. The lowest BCUT2D eigenvalue weighted by Crippen LogP contribution is -2.48. The van der Waals surface area contributed by atoms with Crippen LogP contribution >= 0.6 is 0 Å². The molecule has 0 atom stereocenters. The van der Waals surface area contributed by atoms with Crippen molar-refractivity contribution >= 4 is 22.0 Å². The van der Waals surface area contributed by atoms with Crippen molar-refractivity contribution in [2.75, 3.05) is 39.3 Å². The van der Waals surface area contributed by atoms with Crippen LogP contribution in [0.3, 0.4) is 0 Å². The van der Waals surface area contributed by atoms with Crippen LogP contribution in [0.1, 0.15) is 28.4 Å². The van der Waals surface area contributed by atoms with Crippen molar-refractivity contribution in [1.82, 2.24) is 14.5 Å². The van der Waals surface area contributed by atoms with Gasteiger partial charge in [-0.2, -0.15) is 4.31 Å². The second-order valence-corrected chi connectivity index (χ2v) is 9.29. The summed E-state index contributed by atoms with van der Waals surface area (Å²) >= 11 is 0. The second kappa shape index (κ2) is 10.0. The Hall–Kier alpha value is -2.48. The standard InChI is InChI=1S/C23H29N3O3S/c1-3-24-23(27)22-18-21(12-11-19(22)2)30(28,29)26-16-14-25(15-17-26)13-7-10-20-8-5-4-6-9-20/h4-12,18H,3,13-17H2,1-2H3,(H,24,27)/b10-7+. The molecule has 2 aromatic carbocycles. The van der Waals surface area contributed by atoms with Gasteiger partial charge in [-0.05, 0) is 37.1 Å². The van der Waals surface area contributed by atoms with E-state index >= 15 is 0 Å². The highest BCUT2D eigenvalue weighted by atomic mass is 32.2. The van der Waals surface area contributed by atoms with Crippen LogP contribution in [0.5, 0.6) is 0 Å². The minimum absolute atomic E-state index is 0.173. The predicted molar refractivity (Wildman–Crippen MR) is 120 cm³/mol. The summed E-state index contributed by atoms with van der Waals surface area (Å²) < 4.78 is 27.7. The van der Waals surface area contributed by atoms with Crippen LogP contribution in [0.4, 0.5) is 0 Å². The minimum atomic E-state index is -3.63. The molecule has 1 amide bonds. The van der Waals surface area contributed by atoms with Crippen molar-refractivity contribution in [3.05, 3.63) is 71.3 Å². The van der Waals surface area contributed by atoms with Gasteiger partial charge in [-0.1, -0.05) is 48.6 Å². The Morgan fingerprint density at radius 1 is 1.07 bits per heavy atom. The van der Waals surface area contributed by atoms with Gasteiger partial charge >= 0.3 is 0 Å². The fourth-order valence-electron chi connectivity index (χ4n) is 3.47. The molecule has 0 spiro atoms. The van der Waals surface area contributed by atoms with Crippen molar-refractivity contribution in [2.24, 2.45) is 0 Å². The Labute approximate surface area is 179 Å². The van der Waals surface area contributed by atoms with Gasteiger partial charge in [0.2, 0.25) is 10.0 Å². The van der Waals surface area contributed by atoms with Crippen LogP contribution < -0.4 is 5.32 Å². The normalized spacial score (nSPS) is 16.1. The van der Waals surface area contributed by atoms with E-state index in [1.165, 1.54) is 10.4 Å². The zero-order valence-electron chi connectivity index (χ0n) is 17.5. The first-order valence-electron chi connectivity index (χ1n) is 10.2. The minimum Gasteiger partial charge on any atom is -0.352 e. The summed E-state index contributed by atoms with van der Waals surface area (Å²) in [5, 5.41) is 2.74. The molecule has 0 aromatic heterocycles. The van der Waals surface area contributed by atoms with Gasteiger partial charge in [0.15, 0.2) is 0 Å².